The lowest BCUT2D eigenvalue weighted by Gasteiger charge is -2.21. The summed E-state index contributed by atoms with van der Waals surface area (Å²) in [4.78, 5) is 15.5. The molecule has 0 aliphatic heterocycles. The summed E-state index contributed by atoms with van der Waals surface area (Å²) in [5.74, 6) is 0.338. The van der Waals surface area contributed by atoms with Gasteiger partial charge in [-0.1, -0.05) is 19.9 Å². The summed E-state index contributed by atoms with van der Waals surface area (Å²) >= 11 is 1.81. The van der Waals surface area contributed by atoms with E-state index in [1.165, 1.54) is 4.88 Å². The van der Waals surface area contributed by atoms with Crippen LogP contribution in [0.3, 0.4) is 0 Å². The third kappa shape index (κ3) is 5.67. The van der Waals surface area contributed by atoms with E-state index in [4.69, 9.17) is 0 Å². The maximum atomic E-state index is 12.0. The number of aryl methyl sites for hydroxylation is 1. The summed E-state index contributed by atoms with van der Waals surface area (Å²) in [6.07, 6.45) is 6.08. The molecule has 0 aliphatic rings. The summed E-state index contributed by atoms with van der Waals surface area (Å²) in [6.45, 7) is 6.09. The SMILES string of the molecule is CCCN(CCC)C(=O)CCCCc1cccs1. The highest BCUT2D eigenvalue weighted by molar-refractivity contribution is 7.09. The summed E-state index contributed by atoms with van der Waals surface area (Å²) in [6, 6.07) is 4.27. The number of hydrogen-bond acceptors (Lipinski definition) is 2. The number of nitrogens with zero attached hydrogens (tertiary/aromatic N) is 1. The minimum absolute atomic E-state index is 0.338. The topological polar surface area (TPSA) is 20.3 Å². The molecule has 0 radical (unpaired) electrons. The van der Waals surface area contributed by atoms with E-state index in [2.05, 4.69) is 31.4 Å². The molecule has 1 rings (SSSR count). The first kappa shape index (κ1) is 15.2. The van der Waals surface area contributed by atoms with Crippen molar-refractivity contribution in [2.45, 2.75) is 52.4 Å². The zero-order valence-electron chi connectivity index (χ0n) is 11.7. The molecule has 0 fully saturated rings. The van der Waals surface area contributed by atoms with Gasteiger partial charge in [0, 0.05) is 24.4 Å². The van der Waals surface area contributed by atoms with Crippen molar-refractivity contribution in [2.75, 3.05) is 13.1 Å². The van der Waals surface area contributed by atoms with Gasteiger partial charge in [-0.3, -0.25) is 4.79 Å². The third-order valence-electron chi connectivity index (χ3n) is 2.98. The number of carbonyl (C=O) groups excluding carboxylic acids is 1. The zero-order chi connectivity index (χ0) is 13.2. The van der Waals surface area contributed by atoms with Crippen molar-refractivity contribution in [1.29, 1.82) is 0 Å². The van der Waals surface area contributed by atoms with Gasteiger partial charge >= 0.3 is 0 Å². The maximum absolute atomic E-state index is 12.0. The Morgan fingerprint density at radius 1 is 1.22 bits per heavy atom. The number of hydrogen-bond donors (Lipinski definition) is 0. The highest BCUT2D eigenvalue weighted by Crippen LogP contribution is 2.13. The van der Waals surface area contributed by atoms with Crippen molar-refractivity contribution in [3.8, 4) is 0 Å². The fourth-order valence-corrected chi connectivity index (χ4v) is 2.84. The van der Waals surface area contributed by atoms with Crippen molar-refractivity contribution in [2.24, 2.45) is 0 Å². The molecule has 0 saturated heterocycles. The molecule has 1 aromatic rings. The lowest BCUT2D eigenvalue weighted by Crippen LogP contribution is -2.32. The molecule has 102 valence electrons. The van der Waals surface area contributed by atoms with E-state index in [1.807, 2.05) is 16.2 Å². The lowest BCUT2D eigenvalue weighted by molar-refractivity contribution is -0.131. The predicted molar refractivity (Wildman–Crippen MR) is 79.0 cm³/mol. The first-order valence-electron chi connectivity index (χ1n) is 7.08. The first-order valence-corrected chi connectivity index (χ1v) is 7.96. The molecule has 2 nitrogen and oxygen atoms in total. The Morgan fingerprint density at radius 2 is 1.94 bits per heavy atom. The van der Waals surface area contributed by atoms with Crippen LogP contribution in [0.4, 0.5) is 0 Å². The van der Waals surface area contributed by atoms with Crippen LogP contribution in [0.1, 0.15) is 50.8 Å². The highest BCUT2D eigenvalue weighted by Gasteiger charge is 2.10. The van der Waals surface area contributed by atoms with Crippen LogP contribution in [-0.2, 0) is 11.2 Å². The summed E-state index contributed by atoms with van der Waals surface area (Å²) in [5.41, 5.74) is 0. The molecule has 0 N–H and O–H groups in total. The fraction of sp³-hybridized carbons (Fsp3) is 0.667. The van der Waals surface area contributed by atoms with Gasteiger partial charge in [0.1, 0.15) is 0 Å². The fourth-order valence-electron chi connectivity index (χ4n) is 2.09. The maximum Gasteiger partial charge on any atom is 0.222 e. The molecule has 0 aliphatic carbocycles. The number of amides is 1. The number of rotatable bonds is 9. The Morgan fingerprint density at radius 3 is 2.50 bits per heavy atom. The van der Waals surface area contributed by atoms with Crippen molar-refractivity contribution >= 4 is 17.2 Å². The van der Waals surface area contributed by atoms with Crippen LogP contribution < -0.4 is 0 Å². The van der Waals surface area contributed by atoms with Crippen LogP contribution in [0.15, 0.2) is 17.5 Å². The van der Waals surface area contributed by atoms with Gasteiger partial charge < -0.3 is 4.90 Å². The largest absolute Gasteiger partial charge is 0.343 e. The Balaban J connectivity index is 2.18. The van der Waals surface area contributed by atoms with E-state index in [9.17, 15) is 4.79 Å². The van der Waals surface area contributed by atoms with Gasteiger partial charge in [0.05, 0.1) is 0 Å². The molecule has 1 amide bonds. The van der Waals surface area contributed by atoms with Crippen LogP contribution in [0.5, 0.6) is 0 Å². The first-order chi connectivity index (χ1) is 8.77. The molecule has 0 spiro atoms. The minimum Gasteiger partial charge on any atom is -0.343 e. The van der Waals surface area contributed by atoms with E-state index in [-0.39, 0.29) is 0 Å². The van der Waals surface area contributed by atoms with Gasteiger partial charge in [0.2, 0.25) is 5.91 Å². The van der Waals surface area contributed by atoms with E-state index in [0.29, 0.717) is 12.3 Å². The summed E-state index contributed by atoms with van der Waals surface area (Å²) in [5, 5.41) is 2.12. The smallest absolute Gasteiger partial charge is 0.222 e. The zero-order valence-corrected chi connectivity index (χ0v) is 12.5. The standard InChI is InChI=1S/C15H25NOS/c1-3-11-16(12-4-2)15(17)10-6-5-8-14-9-7-13-18-14/h7,9,13H,3-6,8,10-12H2,1-2H3. The van der Waals surface area contributed by atoms with Crippen LogP contribution in [0, 0.1) is 0 Å². The molecule has 1 aromatic heterocycles. The van der Waals surface area contributed by atoms with Gasteiger partial charge in [0.15, 0.2) is 0 Å². The molecule has 3 heteroatoms. The Labute approximate surface area is 115 Å². The molecule has 18 heavy (non-hydrogen) atoms. The van der Waals surface area contributed by atoms with Crippen LogP contribution in [0.25, 0.3) is 0 Å². The summed E-state index contributed by atoms with van der Waals surface area (Å²) in [7, 11) is 0. The van der Waals surface area contributed by atoms with Gasteiger partial charge in [-0.15, -0.1) is 11.3 Å². The molecule has 0 atom stereocenters. The second-order valence-corrected chi connectivity index (χ2v) is 5.70. The van der Waals surface area contributed by atoms with E-state index < -0.39 is 0 Å². The average Bonchev–Trinajstić information content (AvgIpc) is 2.87. The quantitative estimate of drug-likeness (QED) is 0.617. The van der Waals surface area contributed by atoms with Crippen LogP contribution in [-0.4, -0.2) is 23.9 Å². The monoisotopic (exact) mass is 267 g/mol. The Hall–Kier alpha value is -0.830. The second kappa shape index (κ2) is 9.15. The second-order valence-electron chi connectivity index (χ2n) is 4.67. The predicted octanol–water partition coefficient (Wildman–Crippen LogP) is 4.11. The highest BCUT2D eigenvalue weighted by atomic mass is 32.1. The van der Waals surface area contributed by atoms with Crippen molar-refractivity contribution in [3.63, 3.8) is 0 Å². The van der Waals surface area contributed by atoms with Crippen molar-refractivity contribution in [1.82, 2.24) is 4.90 Å². The Bertz CT molecular complexity index is 315. The molecule has 0 unspecified atom stereocenters. The normalized spacial score (nSPS) is 10.6. The van der Waals surface area contributed by atoms with E-state index in [1.54, 1.807) is 0 Å². The molecular formula is C15H25NOS. The van der Waals surface area contributed by atoms with Crippen molar-refractivity contribution in [3.05, 3.63) is 22.4 Å². The number of carbonyl (C=O) groups is 1. The van der Waals surface area contributed by atoms with Gasteiger partial charge in [-0.2, -0.15) is 0 Å². The Kier molecular flexibility index (Phi) is 7.74. The molecule has 0 aromatic carbocycles. The van der Waals surface area contributed by atoms with Crippen molar-refractivity contribution < 1.29 is 4.79 Å². The van der Waals surface area contributed by atoms with Gasteiger partial charge in [-0.25, -0.2) is 0 Å². The van der Waals surface area contributed by atoms with Crippen LogP contribution in [0.2, 0.25) is 0 Å². The lowest BCUT2D eigenvalue weighted by atomic mass is 10.1. The number of thiophene rings is 1. The van der Waals surface area contributed by atoms with Gasteiger partial charge in [0.25, 0.3) is 0 Å². The van der Waals surface area contributed by atoms with E-state index >= 15 is 0 Å². The molecular weight excluding hydrogens is 242 g/mol. The minimum atomic E-state index is 0.338. The van der Waals surface area contributed by atoms with E-state index in [0.717, 1.165) is 45.2 Å². The van der Waals surface area contributed by atoms with Crippen LogP contribution >= 0.6 is 11.3 Å². The molecule has 0 saturated carbocycles. The third-order valence-corrected chi connectivity index (χ3v) is 3.92. The number of unbranched alkanes of at least 4 members (excludes halogenated alkanes) is 1. The average molecular weight is 267 g/mol. The van der Waals surface area contributed by atoms with Gasteiger partial charge in [-0.05, 0) is 43.6 Å². The molecule has 0 bridgehead atoms. The summed E-state index contributed by atoms with van der Waals surface area (Å²) < 4.78 is 0. The molecule has 1 heterocycles.